The molecule has 0 bridgehead atoms. The summed E-state index contributed by atoms with van der Waals surface area (Å²) in [6.07, 6.45) is 12.0. The predicted molar refractivity (Wildman–Crippen MR) is 238 cm³/mol. The first kappa shape index (κ1) is 37.2. The Kier molecular flexibility index (Phi) is 11.5. The summed E-state index contributed by atoms with van der Waals surface area (Å²) in [5.74, 6) is 0.487. The van der Waals surface area contributed by atoms with Crippen LogP contribution < -0.4 is 0 Å². The number of nitrogens with zero attached hydrogens (tertiary/aromatic N) is 1. The number of allylic oxidation sites excluding steroid dienone is 2. The van der Waals surface area contributed by atoms with Gasteiger partial charge in [0.25, 0.3) is 0 Å². The lowest BCUT2D eigenvalue weighted by Gasteiger charge is -2.22. The van der Waals surface area contributed by atoms with E-state index in [2.05, 4.69) is 161 Å². The van der Waals surface area contributed by atoms with Crippen LogP contribution in [0.4, 0.5) is 5.69 Å². The Bertz CT molecular complexity index is 2520. The molecule has 1 heteroatoms. The lowest BCUT2D eigenvalue weighted by Crippen LogP contribution is -2.00. The number of rotatable bonds is 5. The molecule has 0 fully saturated rings. The fourth-order valence-corrected chi connectivity index (χ4v) is 7.96. The minimum absolute atomic E-state index is 0.487. The summed E-state index contributed by atoms with van der Waals surface area (Å²) in [5.41, 5.74) is 15.0. The maximum absolute atomic E-state index is 4.79. The van der Waals surface area contributed by atoms with Crippen molar-refractivity contribution in [3.63, 3.8) is 0 Å². The fraction of sp³-hybridized carbons (Fsp3) is 0.212. The van der Waals surface area contributed by atoms with Crippen LogP contribution >= 0.6 is 0 Å². The molecule has 1 aliphatic rings. The van der Waals surface area contributed by atoms with Crippen molar-refractivity contribution in [2.24, 2.45) is 4.99 Å². The van der Waals surface area contributed by atoms with E-state index in [1.165, 1.54) is 93.5 Å². The fourth-order valence-electron chi connectivity index (χ4n) is 7.96. The van der Waals surface area contributed by atoms with E-state index >= 15 is 0 Å². The van der Waals surface area contributed by atoms with Crippen molar-refractivity contribution in [2.45, 2.75) is 74.7 Å². The number of hydrogen-bond acceptors (Lipinski definition) is 1. The van der Waals surface area contributed by atoms with Crippen LogP contribution in [0.3, 0.4) is 0 Å². The van der Waals surface area contributed by atoms with Gasteiger partial charge in [0, 0.05) is 6.21 Å². The number of aliphatic imine (C=N–C) groups is 1. The summed E-state index contributed by atoms with van der Waals surface area (Å²) in [6, 6.07) is 41.1. The Morgan fingerprint density at radius 3 is 1.94 bits per heavy atom. The zero-order valence-electron chi connectivity index (χ0n) is 33.0. The molecule has 0 spiro atoms. The maximum Gasteiger partial charge on any atom is 0.0663 e. The summed E-state index contributed by atoms with van der Waals surface area (Å²) in [7, 11) is 0. The highest BCUT2D eigenvalue weighted by Gasteiger charge is 2.21. The molecule has 7 aromatic carbocycles. The normalized spacial score (nSPS) is 13.6. The van der Waals surface area contributed by atoms with Gasteiger partial charge in [0.15, 0.2) is 0 Å². The molecule has 266 valence electrons. The first-order valence-corrected chi connectivity index (χ1v) is 19.5. The average Bonchev–Trinajstić information content (AvgIpc) is 3.21. The molecular formula is C52H53N. The van der Waals surface area contributed by atoms with Crippen LogP contribution in [0.25, 0.3) is 77.9 Å². The van der Waals surface area contributed by atoms with Gasteiger partial charge in [-0.05, 0) is 152 Å². The van der Waals surface area contributed by atoms with E-state index in [1.54, 1.807) is 0 Å². The largest absolute Gasteiger partial charge is 0.261 e. The molecule has 0 saturated heterocycles. The van der Waals surface area contributed by atoms with Gasteiger partial charge < -0.3 is 0 Å². The molecule has 7 aromatic rings. The molecule has 1 unspecified atom stereocenters. The van der Waals surface area contributed by atoms with Crippen LogP contribution in [0.15, 0.2) is 126 Å². The van der Waals surface area contributed by atoms with Gasteiger partial charge in [-0.2, -0.15) is 0 Å². The van der Waals surface area contributed by atoms with Gasteiger partial charge in [0.1, 0.15) is 0 Å². The second-order valence-electron chi connectivity index (χ2n) is 13.5. The molecule has 8 rings (SSSR count). The van der Waals surface area contributed by atoms with Crippen LogP contribution in [-0.4, -0.2) is 6.21 Å². The molecule has 0 amide bonds. The molecular weight excluding hydrogens is 639 g/mol. The Morgan fingerprint density at radius 1 is 0.604 bits per heavy atom. The minimum atomic E-state index is 0.487. The number of fused-ring (bicyclic) bond motifs is 4. The average molecular weight is 692 g/mol. The first-order chi connectivity index (χ1) is 26.0. The Morgan fingerprint density at radius 2 is 1.23 bits per heavy atom. The molecule has 1 aliphatic carbocycles. The SMILES string of the molecule is CC.CC.CC=Nc1cc(-c2ccc3c(-c4ccc5ccccc5c4)c4ccccc4c(-c4ccc5c(c4)C(C)CC=C5)c3c2)c(/C=C\C)c(C)c1C. The van der Waals surface area contributed by atoms with Crippen LogP contribution in [-0.2, 0) is 0 Å². The van der Waals surface area contributed by atoms with Crippen molar-refractivity contribution in [1.29, 1.82) is 0 Å². The van der Waals surface area contributed by atoms with E-state index in [9.17, 15) is 0 Å². The van der Waals surface area contributed by atoms with Crippen molar-refractivity contribution in [2.75, 3.05) is 0 Å². The maximum atomic E-state index is 4.79. The van der Waals surface area contributed by atoms with E-state index in [1.807, 2.05) is 40.8 Å². The molecule has 0 radical (unpaired) electrons. The van der Waals surface area contributed by atoms with E-state index in [-0.39, 0.29) is 0 Å². The highest BCUT2D eigenvalue weighted by molar-refractivity contribution is 6.22. The van der Waals surface area contributed by atoms with E-state index in [0.29, 0.717) is 5.92 Å². The molecule has 1 atom stereocenters. The van der Waals surface area contributed by atoms with Crippen LogP contribution in [0.2, 0.25) is 0 Å². The molecule has 0 aliphatic heterocycles. The quantitative estimate of drug-likeness (QED) is 0.126. The van der Waals surface area contributed by atoms with Crippen molar-refractivity contribution in [1.82, 2.24) is 0 Å². The minimum Gasteiger partial charge on any atom is -0.261 e. The van der Waals surface area contributed by atoms with Gasteiger partial charge in [-0.1, -0.05) is 150 Å². The van der Waals surface area contributed by atoms with Gasteiger partial charge in [0.2, 0.25) is 0 Å². The summed E-state index contributed by atoms with van der Waals surface area (Å²) in [5, 5.41) is 7.60. The highest BCUT2D eigenvalue weighted by atomic mass is 14.7. The van der Waals surface area contributed by atoms with Crippen LogP contribution in [0, 0.1) is 13.8 Å². The molecule has 0 saturated carbocycles. The van der Waals surface area contributed by atoms with Gasteiger partial charge >= 0.3 is 0 Å². The summed E-state index contributed by atoms with van der Waals surface area (Å²) in [6.45, 7) is 18.8. The lowest BCUT2D eigenvalue weighted by molar-refractivity contribution is 0.772. The smallest absolute Gasteiger partial charge is 0.0663 e. The summed E-state index contributed by atoms with van der Waals surface area (Å²) in [4.78, 5) is 4.79. The van der Waals surface area contributed by atoms with E-state index < -0.39 is 0 Å². The highest BCUT2D eigenvalue weighted by Crippen LogP contribution is 2.47. The summed E-state index contributed by atoms with van der Waals surface area (Å²) >= 11 is 0. The third kappa shape index (κ3) is 6.89. The zero-order chi connectivity index (χ0) is 37.6. The van der Waals surface area contributed by atoms with Gasteiger partial charge in [0.05, 0.1) is 5.69 Å². The number of benzene rings is 7. The second kappa shape index (κ2) is 16.4. The Hall–Kier alpha value is -5.53. The van der Waals surface area contributed by atoms with E-state index in [4.69, 9.17) is 4.99 Å². The third-order valence-corrected chi connectivity index (χ3v) is 10.6. The van der Waals surface area contributed by atoms with Crippen LogP contribution in [0.1, 0.15) is 88.6 Å². The van der Waals surface area contributed by atoms with Gasteiger partial charge in [-0.3, -0.25) is 4.99 Å². The van der Waals surface area contributed by atoms with Crippen molar-refractivity contribution >= 4 is 56.4 Å². The Labute approximate surface area is 317 Å². The number of hydrogen-bond donors (Lipinski definition) is 0. The van der Waals surface area contributed by atoms with E-state index in [0.717, 1.165) is 12.1 Å². The van der Waals surface area contributed by atoms with Crippen molar-refractivity contribution in [3.05, 3.63) is 149 Å². The topological polar surface area (TPSA) is 12.4 Å². The predicted octanol–water partition coefficient (Wildman–Crippen LogP) is 16.1. The molecule has 0 heterocycles. The monoisotopic (exact) mass is 691 g/mol. The lowest BCUT2D eigenvalue weighted by atomic mass is 9.81. The molecule has 1 nitrogen and oxygen atoms in total. The molecule has 0 aromatic heterocycles. The van der Waals surface area contributed by atoms with Gasteiger partial charge in [-0.15, -0.1) is 0 Å². The molecule has 53 heavy (non-hydrogen) atoms. The van der Waals surface area contributed by atoms with Crippen LogP contribution in [0.5, 0.6) is 0 Å². The summed E-state index contributed by atoms with van der Waals surface area (Å²) < 4.78 is 0. The van der Waals surface area contributed by atoms with Crippen molar-refractivity contribution < 1.29 is 0 Å². The third-order valence-electron chi connectivity index (χ3n) is 10.6. The first-order valence-electron chi connectivity index (χ1n) is 19.5. The zero-order valence-corrected chi connectivity index (χ0v) is 33.0. The van der Waals surface area contributed by atoms with Crippen molar-refractivity contribution in [3.8, 4) is 33.4 Å². The van der Waals surface area contributed by atoms with Gasteiger partial charge in [-0.25, -0.2) is 0 Å². The second-order valence-corrected chi connectivity index (χ2v) is 13.5. The Balaban J connectivity index is 0.00000116. The molecule has 0 N–H and O–H groups in total. The standard InChI is InChI=1S/C48H41N.2C2H6/c1-6-13-39-31(4)32(5)46(49-7-2)29-44(39)36-24-25-42-45(27-36)48(38-23-21-34-17-12-14-30(3)43(34)28-38)41-19-11-10-18-40(41)47(42)37-22-20-33-15-8-9-16-35(33)26-37;2*1-2/h6-13,15-30H,14H2,1-5H3;2*1-2H3/b13-6-,49-7?;;.